The SMILES string of the molecule is CC(C)C(CC(=O)OCc1ccccc1)C(=O)NC(C(=O)CC1Cc2sncc2CCNC(=O)C1=O)C(C)C. The lowest BCUT2D eigenvalue weighted by Crippen LogP contribution is -2.49. The molecule has 1 aliphatic heterocycles. The number of carbonyl (C=O) groups is 5. The zero-order valence-corrected chi connectivity index (χ0v) is 23.7. The third kappa shape index (κ3) is 8.54. The predicted octanol–water partition coefficient (Wildman–Crippen LogP) is 3.05. The molecule has 3 rings (SSSR count). The van der Waals surface area contributed by atoms with E-state index in [4.69, 9.17) is 4.74 Å². The van der Waals surface area contributed by atoms with Crippen LogP contribution in [-0.2, 0) is 48.2 Å². The minimum absolute atomic E-state index is 0.115. The third-order valence-electron chi connectivity index (χ3n) is 6.97. The number of rotatable bonds is 11. The highest BCUT2D eigenvalue weighted by molar-refractivity contribution is 7.05. The number of fused-ring (bicyclic) bond motifs is 1. The molecule has 3 atom stereocenters. The van der Waals surface area contributed by atoms with Crippen LogP contribution in [0, 0.1) is 23.7 Å². The third-order valence-corrected chi connectivity index (χ3v) is 7.83. The number of nitrogens with one attached hydrogen (secondary N) is 2. The molecule has 9 nitrogen and oxygen atoms in total. The van der Waals surface area contributed by atoms with Crippen molar-refractivity contribution in [2.45, 2.75) is 66.0 Å². The van der Waals surface area contributed by atoms with E-state index < -0.39 is 41.4 Å². The van der Waals surface area contributed by atoms with E-state index in [9.17, 15) is 24.0 Å². The van der Waals surface area contributed by atoms with E-state index >= 15 is 0 Å². The highest BCUT2D eigenvalue weighted by Crippen LogP contribution is 2.24. The highest BCUT2D eigenvalue weighted by Gasteiger charge is 2.35. The van der Waals surface area contributed by atoms with Crippen LogP contribution in [0.2, 0.25) is 0 Å². The van der Waals surface area contributed by atoms with E-state index in [0.717, 1.165) is 16.0 Å². The maximum absolute atomic E-state index is 13.4. The number of amides is 2. The summed E-state index contributed by atoms with van der Waals surface area (Å²) in [4.78, 5) is 65.4. The number of nitrogens with zero attached hydrogens (tertiary/aromatic N) is 1. The number of aromatic nitrogens is 1. The van der Waals surface area contributed by atoms with Crippen molar-refractivity contribution in [2.24, 2.45) is 23.7 Å². The van der Waals surface area contributed by atoms with E-state index in [1.807, 2.05) is 44.2 Å². The Labute approximate surface area is 233 Å². The Bertz CT molecular complexity index is 1180. The maximum atomic E-state index is 13.4. The first-order valence-corrected chi connectivity index (χ1v) is 14.1. The van der Waals surface area contributed by atoms with Crippen LogP contribution in [0.5, 0.6) is 0 Å². The fourth-order valence-electron chi connectivity index (χ4n) is 4.58. The fourth-order valence-corrected chi connectivity index (χ4v) is 5.43. The molecule has 0 saturated carbocycles. The molecule has 0 fully saturated rings. The predicted molar refractivity (Wildman–Crippen MR) is 147 cm³/mol. The first kappa shape index (κ1) is 30.1. The zero-order valence-electron chi connectivity index (χ0n) is 22.9. The molecule has 1 aliphatic rings. The smallest absolute Gasteiger partial charge is 0.306 e. The first-order valence-electron chi connectivity index (χ1n) is 13.3. The highest BCUT2D eigenvalue weighted by atomic mass is 32.1. The lowest BCUT2D eigenvalue weighted by atomic mass is 9.86. The molecule has 2 aromatic rings. The van der Waals surface area contributed by atoms with Crippen LogP contribution in [0.1, 0.15) is 56.5 Å². The normalized spacial score (nSPS) is 17.3. The Morgan fingerprint density at radius 2 is 1.82 bits per heavy atom. The van der Waals surface area contributed by atoms with Gasteiger partial charge >= 0.3 is 5.97 Å². The van der Waals surface area contributed by atoms with E-state index in [1.54, 1.807) is 20.0 Å². The minimum Gasteiger partial charge on any atom is -0.461 e. The van der Waals surface area contributed by atoms with Gasteiger partial charge in [0.05, 0.1) is 18.4 Å². The van der Waals surface area contributed by atoms with Gasteiger partial charge in [0.25, 0.3) is 5.91 Å². The Balaban J connectivity index is 1.67. The first-order chi connectivity index (χ1) is 18.6. The van der Waals surface area contributed by atoms with E-state index in [1.165, 1.54) is 11.5 Å². The number of benzene rings is 1. The molecule has 2 amide bonds. The molecule has 210 valence electrons. The fraction of sp³-hybridized carbons (Fsp3) is 0.517. The molecule has 10 heteroatoms. The number of hydrogen-bond acceptors (Lipinski definition) is 8. The number of ketones is 2. The molecule has 1 aromatic heterocycles. The average Bonchev–Trinajstić information content (AvgIpc) is 3.35. The number of Topliss-reactive ketones (excluding diaryl/α,β-unsaturated/α-hetero) is 2. The molecule has 1 aromatic carbocycles. The van der Waals surface area contributed by atoms with Crippen molar-refractivity contribution in [3.63, 3.8) is 0 Å². The molecule has 0 bridgehead atoms. The summed E-state index contributed by atoms with van der Waals surface area (Å²) in [5.41, 5.74) is 1.81. The lowest BCUT2D eigenvalue weighted by molar-refractivity contribution is -0.149. The molecular weight excluding hydrogens is 518 g/mol. The average molecular weight is 556 g/mol. The second-order valence-electron chi connectivity index (χ2n) is 10.6. The van der Waals surface area contributed by atoms with Crippen LogP contribution in [0.4, 0.5) is 0 Å². The Hall–Kier alpha value is -3.40. The Morgan fingerprint density at radius 1 is 1.10 bits per heavy atom. The summed E-state index contributed by atoms with van der Waals surface area (Å²) in [6.45, 7) is 7.72. The van der Waals surface area contributed by atoms with Gasteiger partial charge in [0.2, 0.25) is 11.7 Å². The summed E-state index contributed by atoms with van der Waals surface area (Å²) >= 11 is 1.27. The van der Waals surface area contributed by atoms with Crippen molar-refractivity contribution in [3.05, 3.63) is 52.5 Å². The Kier molecular flexibility index (Phi) is 10.9. The van der Waals surface area contributed by atoms with E-state index in [2.05, 4.69) is 15.0 Å². The topological polar surface area (TPSA) is 132 Å². The van der Waals surface area contributed by atoms with Crippen LogP contribution in [0.25, 0.3) is 0 Å². The quantitative estimate of drug-likeness (QED) is 0.322. The summed E-state index contributed by atoms with van der Waals surface area (Å²) in [5, 5.41) is 5.45. The van der Waals surface area contributed by atoms with Crippen molar-refractivity contribution in [3.8, 4) is 0 Å². The second-order valence-corrected chi connectivity index (χ2v) is 11.5. The van der Waals surface area contributed by atoms with Crippen molar-refractivity contribution < 1.29 is 28.7 Å². The van der Waals surface area contributed by atoms with Crippen LogP contribution in [-0.4, -0.2) is 46.3 Å². The summed E-state index contributed by atoms with van der Waals surface area (Å²) in [6, 6.07) is 8.40. The van der Waals surface area contributed by atoms with Gasteiger partial charge in [0.15, 0.2) is 5.78 Å². The van der Waals surface area contributed by atoms with Crippen LogP contribution < -0.4 is 10.6 Å². The van der Waals surface area contributed by atoms with Gasteiger partial charge in [-0.3, -0.25) is 24.0 Å². The van der Waals surface area contributed by atoms with Gasteiger partial charge in [-0.2, -0.15) is 0 Å². The lowest BCUT2D eigenvalue weighted by Gasteiger charge is -2.27. The van der Waals surface area contributed by atoms with Gasteiger partial charge in [-0.1, -0.05) is 58.0 Å². The standard InChI is InChI=1S/C29H37N3O6S/c1-17(2)22(14-25(34)38-16-19-8-6-5-7-9-19)28(36)32-26(18(3)4)23(33)12-21-13-24-20(15-31-39-24)10-11-30-29(37)27(21)35/h5-9,15,17-18,21-22,26H,10-14,16H2,1-4H3,(H,30,37)(H,32,36). The summed E-state index contributed by atoms with van der Waals surface area (Å²) < 4.78 is 9.58. The number of ether oxygens (including phenoxy) is 1. The summed E-state index contributed by atoms with van der Waals surface area (Å²) in [7, 11) is 0. The second kappa shape index (κ2) is 14.1. The largest absolute Gasteiger partial charge is 0.461 e. The van der Waals surface area contributed by atoms with Crippen LogP contribution >= 0.6 is 11.5 Å². The molecule has 3 unspecified atom stereocenters. The minimum atomic E-state index is -0.872. The Morgan fingerprint density at radius 3 is 2.49 bits per heavy atom. The van der Waals surface area contributed by atoms with Crippen LogP contribution in [0.15, 0.2) is 36.5 Å². The number of hydrogen-bond donors (Lipinski definition) is 2. The molecule has 2 heterocycles. The molecule has 0 saturated heterocycles. The van der Waals surface area contributed by atoms with E-state index in [0.29, 0.717) is 13.0 Å². The summed E-state index contributed by atoms with van der Waals surface area (Å²) in [5.74, 6) is -4.57. The van der Waals surface area contributed by atoms with Gasteiger partial charge in [0.1, 0.15) is 6.61 Å². The maximum Gasteiger partial charge on any atom is 0.306 e. The van der Waals surface area contributed by atoms with Gasteiger partial charge in [-0.05, 0) is 47.3 Å². The van der Waals surface area contributed by atoms with Crippen molar-refractivity contribution in [1.29, 1.82) is 0 Å². The van der Waals surface area contributed by atoms with Gasteiger partial charge in [-0.15, -0.1) is 0 Å². The van der Waals surface area contributed by atoms with Crippen molar-refractivity contribution in [1.82, 2.24) is 15.0 Å². The zero-order chi connectivity index (χ0) is 28.5. The monoisotopic (exact) mass is 555 g/mol. The van der Waals surface area contributed by atoms with E-state index in [-0.39, 0.29) is 43.5 Å². The molecular formula is C29H37N3O6S. The van der Waals surface area contributed by atoms with Gasteiger partial charge in [0, 0.05) is 30.0 Å². The molecule has 0 spiro atoms. The van der Waals surface area contributed by atoms with Gasteiger partial charge < -0.3 is 15.4 Å². The molecule has 39 heavy (non-hydrogen) atoms. The number of carbonyl (C=O) groups excluding carboxylic acids is 5. The van der Waals surface area contributed by atoms with Crippen LogP contribution in [0.3, 0.4) is 0 Å². The molecule has 0 radical (unpaired) electrons. The number of esters is 1. The van der Waals surface area contributed by atoms with Crippen molar-refractivity contribution in [2.75, 3.05) is 6.54 Å². The summed E-state index contributed by atoms with van der Waals surface area (Å²) in [6.07, 6.45) is 2.25. The van der Waals surface area contributed by atoms with Gasteiger partial charge in [-0.25, -0.2) is 4.37 Å². The van der Waals surface area contributed by atoms with Crippen molar-refractivity contribution >= 4 is 40.9 Å². The molecule has 0 aliphatic carbocycles. The molecule has 2 N–H and O–H groups in total.